The van der Waals surface area contributed by atoms with Gasteiger partial charge in [0.25, 0.3) is 0 Å². The molecular weight excluding hydrogens is 414 g/mol. The van der Waals surface area contributed by atoms with Crippen LogP contribution in [0.5, 0.6) is 0 Å². The van der Waals surface area contributed by atoms with E-state index in [0.717, 1.165) is 22.3 Å². The number of aliphatic carboxylic acids is 1. The van der Waals surface area contributed by atoms with Crippen LogP contribution in [-0.4, -0.2) is 37.2 Å². The Morgan fingerprint density at radius 3 is 2.03 bits per heavy atom. The van der Waals surface area contributed by atoms with E-state index in [4.69, 9.17) is 16.3 Å². The van der Waals surface area contributed by atoms with Gasteiger partial charge in [-0.2, -0.15) is 0 Å². The van der Waals surface area contributed by atoms with Gasteiger partial charge < -0.3 is 15.2 Å². The van der Waals surface area contributed by atoms with Crippen molar-refractivity contribution in [2.24, 2.45) is 0 Å². The average Bonchev–Trinajstić information content (AvgIpc) is 3.10. The quantitative estimate of drug-likeness (QED) is 0.429. The molecule has 0 aromatic heterocycles. The maximum absolute atomic E-state index is 13.3. The molecule has 2 N–H and O–H groups in total. The molecule has 0 unspecified atom stereocenters. The van der Waals surface area contributed by atoms with E-state index in [0.29, 0.717) is 10.6 Å². The number of hydrogen-bond acceptors (Lipinski definition) is 4. The second-order valence-electron chi connectivity index (χ2n) is 7.57. The van der Waals surface area contributed by atoms with Crippen LogP contribution in [0.15, 0.2) is 72.8 Å². The third-order valence-electron chi connectivity index (χ3n) is 5.84. The van der Waals surface area contributed by atoms with E-state index in [1.165, 1.54) is 0 Å². The molecule has 0 aliphatic heterocycles. The molecule has 3 aromatic rings. The van der Waals surface area contributed by atoms with Crippen molar-refractivity contribution in [3.8, 4) is 11.1 Å². The topological polar surface area (TPSA) is 75.6 Å². The predicted octanol–water partition coefficient (Wildman–Crippen LogP) is 4.24. The number of carboxylic acids is 1. The van der Waals surface area contributed by atoms with Crippen LogP contribution >= 0.6 is 11.6 Å². The van der Waals surface area contributed by atoms with Crippen molar-refractivity contribution in [1.29, 1.82) is 0 Å². The van der Waals surface area contributed by atoms with Crippen molar-refractivity contribution < 1.29 is 19.4 Å². The molecule has 6 heteroatoms. The molecule has 0 bridgehead atoms. The summed E-state index contributed by atoms with van der Waals surface area (Å²) in [6, 6.07) is 22.2. The minimum atomic E-state index is -1.88. The second-order valence-corrected chi connectivity index (χ2v) is 8.01. The summed E-state index contributed by atoms with van der Waals surface area (Å²) in [5, 5.41) is 13.4. The Hall–Kier alpha value is -3.15. The van der Waals surface area contributed by atoms with Gasteiger partial charge in [0, 0.05) is 17.5 Å². The van der Waals surface area contributed by atoms with Gasteiger partial charge in [-0.05, 0) is 47.0 Å². The van der Waals surface area contributed by atoms with E-state index < -0.39 is 17.4 Å². The highest BCUT2D eigenvalue weighted by Gasteiger charge is 2.49. The summed E-state index contributed by atoms with van der Waals surface area (Å²) in [5.41, 5.74) is 2.79. The lowest BCUT2D eigenvalue weighted by atomic mass is 9.80. The lowest BCUT2D eigenvalue weighted by Crippen LogP contribution is -2.51. The van der Waals surface area contributed by atoms with Crippen LogP contribution in [0.1, 0.15) is 22.6 Å². The summed E-state index contributed by atoms with van der Waals surface area (Å²) in [6.45, 7) is -0.0557. The Labute approximate surface area is 185 Å². The van der Waals surface area contributed by atoms with Gasteiger partial charge >= 0.3 is 11.9 Å². The monoisotopic (exact) mass is 435 g/mol. The minimum Gasteiger partial charge on any atom is -0.480 e. The highest BCUT2D eigenvalue weighted by Crippen LogP contribution is 2.44. The van der Waals surface area contributed by atoms with Crippen molar-refractivity contribution in [1.82, 2.24) is 5.32 Å². The molecule has 31 heavy (non-hydrogen) atoms. The molecular formula is C25H22ClNO4. The lowest BCUT2D eigenvalue weighted by Gasteiger charge is -2.28. The fourth-order valence-corrected chi connectivity index (χ4v) is 4.43. The number of benzene rings is 3. The molecule has 0 radical (unpaired) electrons. The molecule has 158 valence electrons. The van der Waals surface area contributed by atoms with E-state index >= 15 is 0 Å². The number of rotatable bonds is 7. The molecule has 0 amide bonds. The number of fused-ring (bicyclic) bond motifs is 3. The number of esters is 1. The summed E-state index contributed by atoms with van der Waals surface area (Å²) in [6.07, 6.45) is 0. The van der Waals surface area contributed by atoms with Crippen molar-refractivity contribution in [3.05, 3.63) is 94.5 Å². The number of halogens is 1. The van der Waals surface area contributed by atoms with Crippen LogP contribution in [0, 0.1) is 0 Å². The van der Waals surface area contributed by atoms with E-state index in [-0.39, 0.29) is 19.1 Å². The van der Waals surface area contributed by atoms with E-state index in [2.05, 4.69) is 5.32 Å². The van der Waals surface area contributed by atoms with E-state index in [1.807, 2.05) is 48.5 Å². The maximum Gasteiger partial charge on any atom is 0.329 e. The van der Waals surface area contributed by atoms with Gasteiger partial charge in [-0.1, -0.05) is 72.3 Å². The standard InChI is InChI=1S/C25H22ClNO4/c1-27-15-25(23(28)29,16-10-12-17(26)13-11-16)24(30)31-14-22-20-8-4-2-6-18(20)19-7-3-5-9-21(19)22/h2-13,22,27H,14-15H2,1H3,(H,28,29)/t25-/m1/s1. The molecule has 5 nitrogen and oxygen atoms in total. The zero-order valence-corrected chi connectivity index (χ0v) is 17.7. The molecule has 1 aliphatic carbocycles. The number of carbonyl (C=O) groups is 2. The molecule has 0 fully saturated rings. The van der Waals surface area contributed by atoms with Gasteiger partial charge in [-0.15, -0.1) is 0 Å². The zero-order chi connectivity index (χ0) is 22.0. The van der Waals surface area contributed by atoms with Crippen LogP contribution in [0.2, 0.25) is 5.02 Å². The lowest BCUT2D eigenvalue weighted by molar-refractivity contribution is -0.161. The smallest absolute Gasteiger partial charge is 0.329 e. The molecule has 4 rings (SSSR count). The SMILES string of the molecule is CNC[C@@](C(=O)O)(C(=O)OCC1c2ccccc2-c2ccccc21)c1ccc(Cl)cc1. The van der Waals surface area contributed by atoms with Crippen LogP contribution in [0.3, 0.4) is 0 Å². The number of hydrogen-bond donors (Lipinski definition) is 2. The molecule has 1 aliphatic rings. The Morgan fingerprint density at radius 2 is 1.52 bits per heavy atom. The third-order valence-corrected chi connectivity index (χ3v) is 6.09. The average molecular weight is 436 g/mol. The summed E-state index contributed by atoms with van der Waals surface area (Å²) < 4.78 is 5.71. The molecule has 0 saturated carbocycles. The predicted molar refractivity (Wildman–Crippen MR) is 119 cm³/mol. The van der Waals surface area contributed by atoms with Crippen LogP contribution in [0.25, 0.3) is 11.1 Å². The first kappa shape index (κ1) is 21.1. The van der Waals surface area contributed by atoms with Gasteiger partial charge in [-0.3, -0.25) is 9.59 Å². The van der Waals surface area contributed by atoms with E-state index in [9.17, 15) is 14.7 Å². The van der Waals surface area contributed by atoms with Gasteiger partial charge in [0.15, 0.2) is 0 Å². The summed E-state index contributed by atoms with van der Waals surface area (Å²) >= 11 is 5.96. The van der Waals surface area contributed by atoms with Gasteiger partial charge in [0.2, 0.25) is 5.41 Å². The molecule has 0 spiro atoms. The number of nitrogens with one attached hydrogen (secondary N) is 1. The van der Waals surface area contributed by atoms with Crippen LogP contribution in [-0.2, 0) is 19.7 Å². The fourth-order valence-electron chi connectivity index (χ4n) is 4.30. The molecule has 1 atom stereocenters. The minimum absolute atomic E-state index is 0.0548. The van der Waals surface area contributed by atoms with Crippen LogP contribution in [0.4, 0.5) is 0 Å². The number of likely N-dealkylation sites (N-methyl/N-ethyl adjacent to an activating group) is 1. The first-order chi connectivity index (χ1) is 15.0. The summed E-state index contributed by atoms with van der Waals surface area (Å²) in [5.74, 6) is -2.23. The Bertz CT molecular complexity index is 1080. The van der Waals surface area contributed by atoms with Crippen molar-refractivity contribution in [2.45, 2.75) is 11.3 Å². The highest BCUT2D eigenvalue weighted by molar-refractivity contribution is 6.30. The maximum atomic E-state index is 13.3. The van der Waals surface area contributed by atoms with Gasteiger partial charge in [-0.25, -0.2) is 0 Å². The number of carbonyl (C=O) groups excluding carboxylic acids is 1. The van der Waals surface area contributed by atoms with Crippen molar-refractivity contribution in [2.75, 3.05) is 20.2 Å². The number of carboxylic acid groups (broad SMARTS) is 1. The van der Waals surface area contributed by atoms with Crippen molar-refractivity contribution in [3.63, 3.8) is 0 Å². The Balaban J connectivity index is 1.66. The summed E-state index contributed by atoms with van der Waals surface area (Å²) in [7, 11) is 1.60. The highest BCUT2D eigenvalue weighted by atomic mass is 35.5. The Kier molecular flexibility index (Phi) is 5.81. The van der Waals surface area contributed by atoms with Gasteiger partial charge in [0.1, 0.15) is 6.61 Å². The fraction of sp³-hybridized carbons (Fsp3) is 0.200. The zero-order valence-electron chi connectivity index (χ0n) is 17.0. The largest absolute Gasteiger partial charge is 0.480 e. The van der Waals surface area contributed by atoms with Gasteiger partial charge in [0.05, 0.1) is 0 Å². The van der Waals surface area contributed by atoms with Crippen molar-refractivity contribution >= 4 is 23.5 Å². The third kappa shape index (κ3) is 3.60. The van der Waals surface area contributed by atoms with Crippen LogP contribution < -0.4 is 5.32 Å². The number of ether oxygens (including phenoxy) is 1. The Morgan fingerprint density at radius 1 is 0.968 bits per heavy atom. The first-order valence-electron chi connectivity index (χ1n) is 9.98. The normalized spacial score (nSPS) is 14.4. The molecule has 0 heterocycles. The second kappa shape index (κ2) is 8.53. The molecule has 3 aromatic carbocycles. The summed E-state index contributed by atoms with van der Waals surface area (Å²) in [4.78, 5) is 25.6. The first-order valence-corrected chi connectivity index (χ1v) is 10.4. The van der Waals surface area contributed by atoms with E-state index in [1.54, 1.807) is 31.3 Å². The molecule has 0 saturated heterocycles.